The molecule has 0 heterocycles. The van der Waals surface area contributed by atoms with Crippen LogP contribution in [0.5, 0.6) is 0 Å². The quantitative estimate of drug-likeness (QED) is 0.576. The minimum Gasteiger partial charge on any atom is -0.255 e. The van der Waals surface area contributed by atoms with Crippen molar-refractivity contribution < 1.29 is 0 Å². The molecule has 0 bridgehead atoms. The maximum atomic E-state index is 4.47. The summed E-state index contributed by atoms with van der Waals surface area (Å²) in [6.45, 7) is 2.08. The Balaban J connectivity index is 2.21. The summed E-state index contributed by atoms with van der Waals surface area (Å²) in [5, 5.41) is 0. The molecule has 0 aliphatic heterocycles. The first-order chi connectivity index (χ1) is 7.75. The molecule has 0 radical (unpaired) electrons. The zero-order chi connectivity index (χ0) is 11.4. The van der Waals surface area contributed by atoms with Gasteiger partial charge in [0.15, 0.2) is 0 Å². The summed E-state index contributed by atoms with van der Waals surface area (Å²) in [6.07, 6.45) is 1.90. The molecule has 80 valence electrons. The van der Waals surface area contributed by atoms with Crippen LogP contribution < -0.4 is 0 Å². The second-order valence-corrected chi connectivity index (χ2v) is 4.78. The third kappa shape index (κ3) is 2.92. The van der Waals surface area contributed by atoms with E-state index >= 15 is 0 Å². The maximum Gasteiger partial charge on any atom is 0.0763 e. The summed E-state index contributed by atoms with van der Waals surface area (Å²) in [5.41, 5.74) is 3.42. The summed E-state index contributed by atoms with van der Waals surface area (Å²) in [5.74, 6) is 0. The van der Waals surface area contributed by atoms with Gasteiger partial charge in [0.05, 0.1) is 5.69 Å². The van der Waals surface area contributed by atoms with E-state index < -0.39 is 0 Å². The highest BCUT2D eigenvalue weighted by Gasteiger charge is 1.94. The second-order valence-electron chi connectivity index (χ2n) is 3.62. The van der Waals surface area contributed by atoms with Crippen molar-refractivity contribution in [3.05, 3.63) is 63.2 Å². The number of para-hydroxylation sites is 1. The Morgan fingerprint density at radius 1 is 1.00 bits per heavy atom. The zero-order valence-electron chi connectivity index (χ0n) is 9.02. The van der Waals surface area contributed by atoms with Gasteiger partial charge in [-0.15, -0.1) is 0 Å². The molecule has 2 aromatic carbocycles. The lowest BCUT2D eigenvalue weighted by molar-refractivity contribution is 1.45. The first kappa shape index (κ1) is 11.3. The van der Waals surface area contributed by atoms with E-state index in [0.29, 0.717) is 0 Å². The highest BCUT2D eigenvalue weighted by molar-refractivity contribution is 14.1. The van der Waals surface area contributed by atoms with Crippen LogP contribution in [-0.4, -0.2) is 6.21 Å². The Kier molecular flexibility index (Phi) is 3.72. The van der Waals surface area contributed by atoms with E-state index in [4.69, 9.17) is 0 Å². The molecule has 0 unspecified atom stereocenters. The fraction of sp³-hybridized carbons (Fsp3) is 0.0714. The standard InChI is InChI=1S/C14H12IN/c1-11-6-8-12(9-7-11)10-16-14-5-3-2-4-13(14)15/h2-10H,1H3. The lowest BCUT2D eigenvalue weighted by Crippen LogP contribution is -1.81. The Hall–Kier alpha value is -1.16. The number of halogens is 1. The third-order valence-electron chi connectivity index (χ3n) is 2.28. The smallest absolute Gasteiger partial charge is 0.0763 e. The summed E-state index contributed by atoms with van der Waals surface area (Å²) in [6, 6.07) is 16.4. The topological polar surface area (TPSA) is 12.4 Å². The molecule has 0 aromatic heterocycles. The second kappa shape index (κ2) is 5.25. The van der Waals surface area contributed by atoms with Gasteiger partial charge in [0.2, 0.25) is 0 Å². The molecule has 0 saturated heterocycles. The van der Waals surface area contributed by atoms with E-state index in [0.717, 1.165) is 11.3 Å². The van der Waals surface area contributed by atoms with Crippen LogP contribution >= 0.6 is 22.6 Å². The highest BCUT2D eigenvalue weighted by Crippen LogP contribution is 2.20. The molecule has 2 rings (SSSR count). The van der Waals surface area contributed by atoms with Gasteiger partial charge in [0.25, 0.3) is 0 Å². The van der Waals surface area contributed by atoms with Gasteiger partial charge in [-0.3, -0.25) is 4.99 Å². The maximum absolute atomic E-state index is 4.47. The number of aliphatic imine (C=N–C) groups is 1. The van der Waals surface area contributed by atoms with Crippen LogP contribution in [-0.2, 0) is 0 Å². The van der Waals surface area contributed by atoms with Crippen LogP contribution in [0, 0.1) is 10.5 Å². The Labute approximate surface area is 109 Å². The van der Waals surface area contributed by atoms with Crippen LogP contribution in [0.3, 0.4) is 0 Å². The zero-order valence-corrected chi connectivity index (χ0v) is 11.2. The number of nitrogens with zero attached hydrogens (tertiary/aromatic N) is 1. The van der Waals surface area contributed by atoms with Gasteiger partial charge in [-0.2, -0.15) is 0 Å². The number of aryl methyl sites for hydroxylation is 1. The van der Waals surface area contributed by atoms with Gasteiger partial charge < -0.3 is 0 Å². The minimum absolute atomic E-state index is 1.02. The van der Waals surface area contributed by atoms with Crippen molar-refractivity contribution in [3.8, 4) is 0 Å². The minimum atomic E-state index is 1.02. The number of hydrogen-bond donors (Lipinski definition) is 0. The van der Waals surface area contributed by atoms with Crippen molar-refractivity contribution in [1.82, 2.24) is 0 Å². The Morgan fingerprint density at radius 3 is 2.38 bits per heavy atom. The Morgan fingerprint density at radius 2 is 1.69 bits per heavy atom. The first-order valence-electron chi connectivity index (χ1n) is 5.11. The van der Waals surface area contributed by atoms with Crippen LogP contribution in [0.1, 0.15) is 11.1 Å². The molecule has 0 spiro atoms. The van der Waals surface area contributed by atoms with Gasteiger partial charge in [-0.25, -0.2) is 0 Å². The van der Waals surface area contributed by atoms with E-state index in [1.54, 1.807) is 0 Å². The molecule has 2 aromatic rings. The monoisotopic (exact) mass is 321 g/mol. The highest BCUT2D eigenvalue weighted by atomic mass is 127. The van der Waals surface area contributed by atoms with E-state index in [1.807, 2.05) is 24.4 Å². The van der Waals surface area contributed by atoms with Crippen LogP contribution in [0.2, 0.25) is 0 Å². The van der Waals surface area contributed by atoms with Crippen molar-refractivity contribution in [3.63, 3.8) is 0 Å². The molecule has 0 amide bonds. The molecule has 1 nitrogen and oxygen atoms in total. The first-order valence-corrected chi connectivity index (χ1v) is 6.19. The molecule has 0 aliphatic rings. The van der Waals surface area contributed by atoms with Gasteiger partial charge in [0.1, 0.15) is 0 Å². The van der Waals surface area contributed by atoms with Crippen molar-refractivity contribution in [1.29, 1.82) is 0 Å². The molecule has 2 heteroatoms. The SMILES string of the molecule is Cc1ccc(C=Nc2ccccc2I)cc1. The fourth-order valence-electron chi connectivity index (χ4n) is 1.35. The molecular weight excluding hydrogens is 309 g/mol. The van der Waals surface area contributed by atoms with Gasteiger partial charge in [-0.05, 0) is 47.2 Å². The third-order valence-corrected chi connectivity index (χ3v) is 3.19. The van der Waals surface area contributed by atoms with Crippen molar-refractivity contribution in [2.24, 2.45) is 4.99 Å². The molecular formula is C14H12IN. The molecule has 0 fully saturated rings. The average molecular weight is 321 g/mol. The number of benzene rings is 2. The van der Waals surface area contributed by atoms with Gasteiger partial charge in [0, 0.05) is 9.78 Å². The largest absolute Gasteiger partial charge is 0.255 e. The van der Waals surface area contributed by atoms with E-state index in [-0.39, 0.29) is 0 Å². The van der Waals surface area contributed by atoms with E-state index in [1.165, 1.54) is 9.13 Å². The summed E-state index contributed by atoms with van der Waals surface area (Å²) in [7, 11) is 0. The summed E-state index contributed by atoms with van der Waals surface area (Å²) >= 11 is 2.29. The molecule has 0 saturated carbocycles. The molecule has 0 atom stereocenters. The summed E-state index contributed by atoms with van der Waals surface area (Å²) < 4.78 is 1.17. The van der Waals surface area contributed by atoms with E-state index in [9.17, 15) is 0 Å². The number of hydrogen-bond acceptors (Lipinski definition) is 1. The van der Waals surface area contributed by atoms with Crippen molar-refractivity contribution in [2.45, 2.75) is 6.92 Å². The van der Waals surface area contributed by atoms with Gasteiger partial charge in [-0.1, -0.05) is 42.0 Å². The van der Waals surface area contributed by atoms with Gasteiger partial charge >= 0.3 is 0 Å². The lowest BCUT2D eigenvalue weighted by Gasteiger charge is -1.97. The number of rotatable bonds is 2. The molecule has 0 N–H and O–H groups in total. The van der Waals surface area contributed by atoms with Crippen molar-refractivity contribution in [2.75, 3.05) is 0 Å². The van der Waals surface area contributed by atoms with Crippen LogP contribution in [0.4, 0.5) is 5.69 Å². The van der Waals surface area contributed by atoms with E-state index in [2.05, 4.69) is 64.8 Å². The molecule has 16 heavy (non-hydrogen) atoms. The predicted octanol–water partition coefficient (Wildman–Crippen LogP) is 4.35. The predicted molar refractivity (Wildman–Crippen MR) is 77.6 cm³/mol. The average Bonchev–Trinajstić information content (AvgIpc) is 2.30. The van der Waals surface area contributed by atoms with Crippen molar-refractivity contribution >= 4 is 34.5 Å². The molecule has 0 aliphatic carbocycles. The van der Waals surface area contributed by atoms with Crippen LogP contribution in [0.25, 0.3) is 0 Å². The lowest BCUT2D eigenvalue weighted by atomic mass is 10.2. The summed E-state index contributed by atoms with van der Waals surface area (Å²) in [4.78, 5) is 4.47. The Bertz CT molecular complexity index is 500. The van der Waals surface area contributed by atoms with Crippen LogP contribution in [0.15, 0.2) is 53.5 Å². The fourth-order valence-corrected chi connectivity index (χ4v) is 1.88. The normalized spacial score (nSPS) is 10.9.